The Balaban J connectivity index is 5.62. The van der Waals surface area contributed by atoms with Crippen molar-refractivity contribution in [2.75, 3.05) is 18.3 Å². The Kier molecular flexibility index (Phi) is 6.50. The van der Waals surface area contributed by atoms with E-state index < -0.39 is 31.4 Å². The van der Waals surface area contributed by atoms with Crippen LogP contribution in [0.1, 0.15) is 54.4 Å². The second kappa shape index (κ2) is 6.54. The molecule has 0 fully saturated rings. The second-order valence-corrected chi connectivity index (χ2v) is 12.1. The van der Waals surface area contributed by atoms with Gasteiger partial charge >= 0.3 is 0 Å². The molecule has 0 aliphatic heterocycles. The molecule has 0 aliphatic rings. The Labute approximate surface area is 131 Å². The second-order valence-electron chi connectivity index (χ2n) is 8.08. The number of sulfonamides is 1. The number of hydrogen-bond donors (Lipinski definition) is 0. The molecule has 0 aromatic rings. The molecule has 0 radical (unpaired) electrons. The van der Waals surface area contributed by atoms with E-state index in [4.69, 9.17) is 0 Å². The van der Waals surface area contributed by atoms with Crippen LogP contribution >= 0.6 is 0 Å². The highest BCUT2D eigenvalue weighted by Gasteiger charge is 2.37. The summed E-state index contributed by atoms with van der Waals surface area (Å²) >= 11 is 0. The molecule has 0 N–H and O–H groups in total. The van der Waals surface area contributed by atoms with Crippen molar-refractivity contribution in [3.8, 4) is 0 Å². The zero-order valence-corrected chi connectivity index (χ0v) is 16.2. The molecule has 0 aromatic carbocycles. The van der Waals surface area contributed by atoms with Gasteiger partial charge in [0.15, 0.2) is 0 Å². The highest BCUT2D eigenvalue weighted by molar-refractivity contribution is 7.91. The van der Waals surface area contributed by atoms with E-state index in [0.29, 0.717) is 6.42 Å². The van der Waals surface area contributed by atoms with E-state index in [1.54, 1.807) is 20.8 Å². The van der Waals surface area contributed by atoms with Crippen LogP contribution in [0.15, 0.2) is 0 Å². The average molecular weight is 342 g/mol. The van der Waals surface area contributed by atoms with E-state index in [0.717, 1.165) is 18.9 Å². The Morgan fingerprint density at radius 3 is 1.57 bits per heavy atom. The zero-order chi connectivity index (χ0) is 17.3. The zero-order valence-electron chi connectivity index (χ0n) is 14.6. The van der Waals surface area contributed by atoms with Crippen LogP contribution in [0.4, 0.5) is 0 Å². The lowest BCUT2D eigenvalue weighted by atomic mass is 9.88. The maximum atomic E-state index is 12.2. The van der Waals surface area contributed by atoms with Crippen molar-refractivity contribution in [1.29, 1.82) is 0 Å². The molecule has 0 saturated carbocycles. The van der Waals surface area contributed by atoms with Gasteiger partial charge in [0.1, 0.15) is 9.84 Å². The van der Waals surface area contributed by atoms with Crippen molar-refractivity contribution in [3.05, 3.63) is 0 Å². The van der Waals surface area contributed by atoms with Crippen LogP contribution in [0.2, 0.25) is 0 Å². The first kappa shape index (κ1) is 20.9. The Hall–Kier alpha value is -0.140. The Bertz CT molecular complexity index is 537. The molecule has 1 atom stereocenters. The maximum Gasteiger partial charge on any atom is 0.211 e. The van der Waals surface area contributed by atoms with Crippen molar-refractivity contribution in [3.63, 3.8) is 0 Å². The summed E-state index contributed by atoms with van der Waals surface area (Å²) in [5.41, 5.74) is -0.627. The lowest BCUT2D eigenvalue weighted by Crippen LogP contribution is -2.53. The molecule has 0 bridgehead atoms. The van der Waals surface area contributed by atoms with Crippen molar-refractivity contribution in [1.82, 2.24) is 4.31 Å². The molecular weight excluding hydrogens is 310 g/mol. The third kappa shape index (κ3) is 8.78. The van der Waals surface area contributed by atoms with Gasteiger partial charge in [-0.2, -0.15) is 4.31 Å². The molecule has 5 nitrogen and oxygen atoms in total. The fraction of sp³-hybridized carbons (Fsp3) is 1.00. The molecular formula is C14H31NO4S2. The highest BCUT2D eigenvalue weighted by Crippen LogP contribution is 2.29. The van der Waals surface area contributed by atoms with Gasteiger partial charge in [0.05, 0.1) is 12.0 Å². The number of nitrogens with zero attached hydrogens (tertiary/aromatic N) is 1. The van der Waals surface area contributed by atoms with Gasteiger partial charge in [-0.3, -0.25) is 0 Å². The molecule has 128 valence electrons. The first-order valence-electron chi connectivity index (χ1n) is 7.11. The van der Waals surface area contributed by atoms with Crippen molar-refractivity contribution in [2.45, 2.75) is 66.0 Å². The minimum Gasteiger partial charge on any atom is -0.229 e. The molecule has 7 heteroatoms. The lowest BCUT2D eigenvalue weighted by molar-refractivity contribution is 0.180. The maximum absolute atomic E-state index is 12.2. The lowest BCUT2D eigenvalue weighted by Gasteiger charge is -2.40. The highest BCUT2D eigenvalue weighted by atomic mass is 32.2. The summed E-state index contributed by atoms with van der Waals surface area (Å²) in [7, 11) is -6.76. The van der Waals surface area contributed by atoms with E-state index >= 15 is 0 Å². The van der Waals surface area contributed by atoms with E-state index in [9.17, 15) is 16.8 Å². The van der Waals surface area contributed by atoms with Gasteiger partial charge in [0.25, 0.3) is 0 Å². The van der Waals surface area contributed by atoms with Gasteiger partial charge in [-0.15, -0.1) is 0 Å². The third-order valence-electron chi connectivity index (χ3n) is 3.07. The van der Waals surface area contributed by atoms with Crippen LogP contribution in [0.25, 0.3) is 0 Å². The largest absolute Gasteiger partial charge is 0.229 e. The van der Waals surface area contributed by atoms with Gasteiger partial charge < -0.3 is 0 Å². The van der Waals surface area contributed by atoms with Gasteiger partial charge in [0.2, 0.25) is 10.0 Å². The summed E-state index contributed by atoms with van der Waals surface area (Å²) in [6, 6.07) is -0.533. The number of sulfone groups is 1. The SMILES string of the molecule is CC(C)(C)CCC(CS(C)(=O)=O)N(C(C)(C)C)S(C)(=O)=O. The van der Waals surface area contributed by atoms with E-state index in [-0.39, 0.29) is 11.2 Å². The average Bonchev–Trinajstić information content (AvgIpc) is 2.05. The van der Waals surface area contributed by atoms with Crippen LogP contribution in [0, 0.1) is 5.41 Å². The molecule has 0 rings (SSSR count). The summed E-state index contributed by atoms with van der Waals surface area (Å²) < 4.78 is 49.1. The molecule has 0 amide bonds. The monoisotopic (exact) mass is 341 g/mol. The fourth-order valence-corrected chi connectivity index (χ4v) is 5.36. The predicted molar refractivity (Wildman–Crippen MR) is 88.6 cm³/mol. The van der Waals surface area contributed by atoms with Crippen LogP contribution in [-0.4, -0.2) is 51.0 Å². The van der Waals surface area contributed by atoms with Gasteiger partial charge in [-0.25, -0.2) is 16.8 Å². The van der Waals surface area contributed by atoms with Crippen LogP contribution in [0.5, 0.6) is 0 Å². The Morgan fingerprint density at radius 1 is 0.905 bits per heavy atom. The Morgan fingerprint density at radius 2 is 1.33 bits per heavy atom. The standard InChI is InChI=1S/C14H31NO4S2/c1-13(2,3)10-9-12(11-20(7,16)17)15(14(4,5)6)21(8,18)19/h12H,9-11H2,1-8H3. The number of rotatable bonds is 6. The van der Waals surface area contributed by atoms with Gasteiger partial charge in [0, 0.05) is 17.8 Å². The van der Waals surface area contributed by atoms with Gasteiger partial charge in [-0.05, 0) is 39.0 Å². The normalized spacial score (nSPS) is 16.2. The summed E-state index contributed by atoms with van der Waals surface area (Å²) in [6.45, 7) is 11.6. The molecule has 0 aliphatic carbocycles. The third-order valence-corrected chi connectivity index (χ3v) is 5.62. The summed E-state index contributed by atoms with van der Waals surface area (Å²) in [5.74, 6) is -0.145. The summed E-state index contributed by atoms with van der Waals surface area (Å²) in [4.78, 5) is 0. The molecule has 0 spiro atoms. The smallest absolute Gasteiger partial charge is 0.211 e. The van der Waals surface area contributed by atoms with Gasteiger partial charge in [-0.1, -0.05) is 20.8 Å². The van der Waals surface area contributed by atoms with Crippen LogP contribution in [0.3, 0.4) is 0 Å². The molecule has 21 heavy (non-hydrogen) atoms. The van der Waals surface area contributed by atoms with E-state index in [2.05, 4.69) is 20.8 Å². The van der Waals surface area contributed by atoms with Crippen molar-refractivity contribution >= 4 is 19.9 Å². The van der Waals surface area contributed by atoms with Crippen LogP contribution < -0.4 is 0 Å². The number of hydrogen-bond acceptors (Lipinski definition) is 4. The topological polar surface area (TPSA) is 71.5 Å². The quantitative estimate of drug-likeness (QED) is 0.743. The van der Waals surface area contributed by atoms with E-state index in [1.165, 1.54) is 4.31 Å². The van der Waals surface area contributed by atoms with E-state index in [1.807, 2.05) is 0 Å². The first-order valence-corrected chi connectivity index (χ1v) is 11.0. The summed E-state index contributed by atoms with van der Waals surface area (Å²) in [5, 5.41) is 0. The predicted octanol–water partition coefficient (Wildman–Crippen LogP) is 2.29. The first-order chi connectivity index (χ1) is 8.93. The van der Waals surface area contributed by atoms with Crippen molar-refractivity contribution < 1.29 is 16.8 Å². The molecule has 1 unspecified atom stereocenters. The molecule has 0 saturated heterocycles. The minimum atomic E-state index is -3.49. The van der Waals surface area contributed by atoms with Crippen LogP contribution in [-0.2, 0) is 19.9 Å². The molecule has 0 aromatic heterocycles. The molecule has 0 heterocycles. The fourth-order valence-electron chi connectivity index (χ4n) is 2.53. The van der Waals surface area contributed by atoms with Crippen molar-refractivity contribution in [2.24, 2.45) is 5.41 Å². The summed E-state index contributed by atoms with van der Waals surface area (Å²) in [6.07, 6.45) is 3.58. The minimum absolute atomic E-state index is 0.0246.